The van der Waals surface area contributed by atoms with Crippen LogP contribution in [0.15, 0.2) is 23.8 Å². The van der Waals surface area contributed by atoms with E-state index in [4.69, 9.17) is 14.2 Å². The first-order valence-corrected chi connectivity index (χ1v) is 10.2. The van der Waals surface area contributed by atoms with Gasteiger partial charge in [-0.15, -0.1) is 0 Å². The minimum Gasteiger partial charge on any atom is -0.493 e. The molecule has 1 saturated carbocycles. The number of ether oxygens (including phenoxy) is 3. The van der Waals surface area contributed by atoms with Crippen molar-refractivity contribution in [3.8, 4) is 11.5 Å². The lowest BCUT2D eigenvalue weighted by atomic mass is 9.88. The summed E-state index contributed by atoms with van der Waals surface area (Å²) in [6.07, 6.45) is 4.56. The Morgan fingerprint density at radius 1 is 1.10 bits per heavy atom. The normalized spacial score (nSPS) is 23.1. The molecule has 1 aromatic carbocycles. The Bertz CT molecular complexity index is 846. The number of rotatable bonds is 6. The predicted octanol–water partition coefficient (Wildman–Crippen LogP) is 2.99. The molecule has 2 bridgehead atoms. The van der Waals surface area contributed by atoms with Gasteiger partial charge in [-0.05, 0) is 49.7 Å². The lowest BCUT2D eigenvalue weighted by molar-refractivity contribution is -0.136. The smallest absolute Gasteiger partial charge is 0.336 e. The lowest BCUT2D eigenvalue weighted by Gasteiger charge is -2.37. The molecule has 0 radical (unpaired) electrons. The molecule has 2 heterocycles. The van der Waals surface area contributed by atoms with E-state index < -0.39 is 5.97 Å². The number of methoxy groups -OCH3 is 3. The molecular weight excluding hydrogens is 372 g/mol. The lowest BCUT2D eigenvalue weighted by Crippen LogP contribution is -2.51. The van der Waals surface area contributed by atoms with Crippen molar-refractivity contribution in [1.29, 1.82) is 0 Å². The van der Waals surface area contributed by atoms with Crippen molar-refractivity contribution < 1.29 is 23.8 Å². The Morgan fingerprint density at radius 3 is 2.55 bits per heavy atom. The van der Waals surface area contributed by atoms with E-state index in [1.165, 1.54) is 20.0 Å². The van der Waals surface area contributed by atoms with Gasteiger partial charge in [0.05, 0.1) is 32.9 Å². The van der Waals surface area contributed by atoms with Crippen LogP contribution in [-0.2, 0) is 9.53 Å². The van der Waals surface area contributed by atoms with E-state index in [1.807, 2.05) is 23.1 Å². The van der Waals surface area contributed by atoms with Crippen LogP contribution in [0.1, 0.15) is 37.7 Å². The number of para-hydroxylation sites is 1. The highest BCUT2D eigenvalue weighted by Crippen LogP contribution is 2.47. The fraction of sp³-hybridized carbons (Fsp3) is 0.545. The summed E-state index contributed by atoms with van der Waals surface area (Å²) in [6.45, 7) is 0.711. The molecule has 29 heavy (non-hydrogen) atoms. The molecule has 3 aliphatic rings. The van der Waals surface area contributed by atoms with E-state index in [1.54, 1.807) is 14.2 Å². The molecule has 2 fully saturated rings. The summed E-state index contributed by atoms with van der Waals surface area (Å²) >= 11 is 0. The molecule has 1 aliphatic carbocycles. The molecule has 1 saturated heterocycles. The first kappa shape index (κ1) is 19.6. The van der Waals surface area contributed by atoms with E-state index >= 15 is 0 Å². The summed E-state index contributed by atoms with van der Waals surface area (Å²) in [5, 5.41) is 3.06. The third-order valence-corrected chi connectivity index (χ3v) is 6.21. The van der Waals surface area contributed by atoms with Crippen molar-refractivity contribution in [1.82, 2.24) is 10.2 Å². The fourth-order valence-corrected chi connectivity index (χ4v) is 4.61. The van der Waals surface area contributed by atoms with Crippen LogP contribution in [0.25, 0.3) is 5.57 Å². The minimum atomic E-state index is -0.393. The van der Waals surface area contributed by atoms with Crippen molar-refractivity contribution in [3.63, 3.8) is 0 Å². The van der Waals surface area contributed by atoms with E-state index in [0.717, 1.165) is 24.0 Å². The second kappa shape index (κ2) is 7.97. The zero-order valence-electron chi connectivity index (χ0n) is 17.2. The SMILES string of the molecule is COC(=O)C1=C(c2cccc(OC)c2OC)C[C@@H]2CC[C@H]1N2C(=O)NCC1CC1. The molecule has 7 heteroatoms. The average Bonchev–Trinajstić information content (AvgIpc) is 3.53. The summed E-state index contributed by atoms with van der Waals surface area (Å²) in [6, 6.07) is 5.33. The topological polar surface area (TPSA) is 77.1 Å². The first-order valence-electron chi connectivity index (χ1n) is 10.2. The molecule has 1 N–H and O–H groups in total. The number of carbonyl (C=O) groups excluding carboxylic acids is 2. The highest BCUT2D eigenvalue weighted by atomic mass is 16.5. The van der Waals surface area contributed by atoms with Gasteiger partial charge in [0.1, 0.15) is 0 Å². The summed E-state index contributed by atoms with van der Waals surface area (Å²) in [5.74, 6) is 1.42. The van der Waals surface area contributed by atoms with Gasteiger partial charge in [-0.25, -0.2) is 9.59 Å². The van der Waals surface area contributed by atoms with Gasteiger partial charge in [-0.3, -0.25) is 0 Å². The fourth-order valence-electron chi connectivity index (χ4n) is 4.61. The molecule has 2 amide bonds. The number of esters is 1. The molecule has 4 rings (SSSR count). The van der Waals surface area contributed by atoms with Crippen molar-refractivity contribution in [2.24, 2.45) is 5.92 Å². The first-order chi connectivity index (χ1) is 14.1. The van der Waals surface area contributed by atoms with E-state index in [-0.39, 0.29) is 18.1 Å². The Balaban J connectivity index is 1.74. The second-order valence-electron chi connectivity index (χ2n) is 7.91. The van der Waals surface area contributed by atoms with Crippen LogP contribution in [0.3, 0.4) is 0 Å². The zero-order chi connectivity index (χ0) is 20.5. The average molecular weight is 400 g/mol. The Labute approximate surface area is 171 Å². The van der Waals surface area contributed by atoms with Crippen LogP contribution >= 0.6 is 0 Å². The van der Waals surface area contributed by atoms with E-state index in [2.05, 4.69) is 5.32 Å². The number of hydrogen-bond donors (Lipinski definition) is 1. The molecule has 2 aliphatic heterocycles. The molecule has 0 spiro atoms. The Hall–Kier alpha value is -2.70. The van der Waals surface area contributed by atoms with Crippen molar-refractivity contribution in [3.05, 3.63) is 29.3 Å². The summed E-state index contributed by atoms with van der Waals surface area (Å²) in [5.41, 5.74) is 2.25. The summed E-state index contributed by atoms with van der Waals surface area (Å²) in [4.78, 5) is 27.6. The zero-order valence-corrected chi connectivity index (χ0v) is 17.2. The highest BCUT2D eigenvalue weighted by molar-refractivity contribution is 6.01. The summed E-state index contributed by atoms with van der Waals surface area (Å²) in [7, 11) is 4.57. The molecule has 0 aromatic heterocycles. The molecule has 7 nitrogen and oxygen atoms in total. The van der Waals surface area contributed by atoms with Gasteiger partial charge in [0.2, 0.25) is 0 Å². The number of amides is 2. The minimum absolute atomic E-state index is 0.0542. The van der Waals surface area contributed by atoms with Gasteiger partial charge < -0.3 is 24.4 Å². The highest BCUT2D eigenvalue weighted by Gasteiger charge is 2.47. The maximum absolute atomic E-state index is 12.9. The third kappa shape index (κ3) is 3.54. The maximum atomic E-state index is 12.9. The van der Waals surface area contributed by atoms with Crippen LogP contribution in [0.2, 0.25) is 0 Å². The number of nitrogens with zero attached hydrogens (tertiary/aromatic N) is 1. The van der Waals surface area contributed by atoms with E-state index in [0.29, 0.717) is 36.0 Å². The quantitative estimate of drug-likeness (QED) is 0.743. The van der Waals surface area contributed by atoms with Crippen molar-refractivity contribution in [2.75, 3.05) is 27.9 Å². The van der Waals surface area contributed by atoms with Crippen LogP contribution in [0.5, 0.6) is 11.5 Å². The molecule has 0 unspecified atom stereocenters. The number of benzene rings is 1. The molecule has 1 aromatic rings. The van der Waals surface area contributed by atoms with Crippen LogP contribution in [0.4, 0.5) is 4.79 Å². The van der Waals surface area contributed by atoms with Gasteiger partial charge in [-0.2, -0.15) is 0 Å². The van der Waals surface area contributed by atoms with Crippen LogP contribution in [0, 0.1) is 5.92 Å². The molecular formula is C22H28N2O5. The van der Waals surface area contributed by atoms with Gasteiger partial charge in [0, 0.05) is 18.2 Å². The predicted molar refractivity (Wildman–Crippen MR) is 108 cm³/mol. The largest absolute Gasteiger partial charge is 0.493 e. The second-order valence-corrected chi connectivity index (χ2v) is 7.91. The monoisotopic (exact) mass is 400 g/mol. The van der Waals surface area contributed by atoms with Gasteiger partial charge >= 0.3 is 12.0 Å². The van der Waals surface area contributed by atoms with Gasteiger partial charge in [0.25, 0.3) is 0 Å². The van der Waals surface area contributed by atoms with Crippen molar-refractivity contribution in [2.45, 2.75) is 44.2 Å². The Morgan fingerprint density at radius 2 is 1.90 bits per heavy atom. The van der Waals surface area contributed by atoms with Crippen LogP contribution < -0.4 is 14.8 Å². The molecule has 2 atom stereocenters. The number of carbonyl (C=O) groups is 2. The van der Waals surface area contributed by atoms with Crippen LogP contribution in [-0.4, -0.2) is 56.9 Å². The van der Waals surface area contributed by atoms with Gasteiger partial charge in [-0.1, -0.05) is 12.1 Å². The van der Waals surface area contributed by atoms with Gasteiger partial charge in [0.15, 0.2) is 11.5 Å². The van der Waals surface area contributed by atoms with E-state index in [9.17, 15) is 9.59 Å². The molecule has 156 valence electrons. The maximum Gasteiger partial charge on any atom is 0.336 e. The number of fused-ring (bicyclic) bond motifs is 2. The third-order valence-electron chi connectivity index (χ3n) is 6.21. The standard InChI is InChI=1S/C22H28N2O5/c1-27-18-6-4-5-15(20(18)28-2)16-11-14-9-10-17(19(16)21(25)29-3)24(14)22(26)23-12-13-7-8-13/h4-6,13-14,17H,7-12H2,1-3H3,(H,23,26)/t14-,17+/m0/s1. The number of nitrogens with one attached hydrogen (secondary N) is 1. The summed E-state index contributed by atoms with van der Waals surface area (Å²) < 4.78 is 16.2. The Kier molecular flexibility index (Phi) is 5.39. The van der Waals surface area contributed by atoms with Crippen molar-refractivity contribution >= 4 is 17.6 Å². The number of urea groups is 1. The number of hydrogen-bond acceptors (Lipinski definition) is 5.